The van der Waals surface area contributed by atoms with Crippen LogP contribution in [0.2, 0.25) is 0 Å². The predicted molar refractivity (Wildman–Crippen MR) is 106 cm³/mol. The first-order valence-corrected chi connectivity index (χ1v) is 10.4. The van der Waals surface area contributed by atoms with Crippen molar-refractivity contribution in [3.05, 3.63) is 62.8 Å². The molecule has 3 aromatic rings. The molecule has 0 spiro atoms. The number of rotatable bonds is 5. The summed E-state index contributed by atoms with van der Waals surface area (Å²) in [5.74, 6) is -0.678. The molecule has 138 valence electrons. The number of carbonyl (C=O) groups is 2. The van der Waals surface area contributed by atoms with Gasteiger partial charge in [0.1, 0.15) is 0 Å². The lowest BCUT2D eigenvalue weighted by Gasteiger charge is -2.23. The Morgan fingerprint density at radius 3 is 2.96 bits per heavy atom. The van der Waals surface area contributed by atoms with Gasteiger partial charge in [-0.2, -0.15) is 0 Å². The first kappa shape index (κ1) is 17.9. The summed E-state index contributed by atoms with van der Waals surface area (Å²) in [6, 6.07) is 11.4. The number of hydrogen-bond acceptors (Lipinski definition) is 6. The number of fused-ring (bicyclic) bond motifs is 1. The number of esters is 1. The van der Waals surface area contributed by atoms with Crippen LogP contribution in [0.1, 0.15) is 25.8 Å². The van der Waals surface area contributed by atoms with Gasteiger partial charge in [-0.15, -0.1) is 22.7 Å². The van der Waals surface area contributed by atoms with Gasteiger partial charge in [-0.25, -0.2) is 9.78 Å². The Balaban J connectivity index is 1.31. The van der Waals surface area contributed by atoms with Gasteiger partial charge >= 0.3 is 5.97 Å². The van der Waals surface area contributed by atoms with E-state index < -0.39 is 12.1 Å². The van der Waals surface area contributed by atoms with Gasteiger partial charge in [-0.1, -0.05) is 18.2 Å². The summed E-state index contributed by atoms with van der Waals surface area (Å²) in [6.45, 7) is 2.50. The Bertz CT molecular complexity index is 993. The number of thiophene rings is 1. The second-order valence-electron chi connectivity index (χ2n) is 6.31. The van der Waals surface area contributed by atoms with Gasteiger partial charge in [0.15, 0.2) is 6.10 Å². The SMILES string of the molecule is Cc1nc(-c2ccc(CCNC(=O)[C@@H]3Cc4ccccc4C(=O)O3)s2)cs1. The molecule has 27 heavy (non-hydrogen) atoms. The highest BCUT2D eigenvalue weighted by molar-refractivity contribution is 7.16. The average molecular weight is 399 g/mol. The van der Waals surface area contributed by atoms with E-state index in [1.165, 1.54) is 4.88 Å². The van der Waals surface area contributed by atoms with Crippen LogP contribution in [0.4, 0.5) is 0 Å². The molecule has 4 rings (SSSR count). The van der Waals surface area contributed by atoms with Gasteiger partial charge in [0, 0.05) is 23.2 Å². The van der Waals surface area contributed by atoms with Crippen LogP contribution in [-0.4, -0.2) is 29.5 Å². The standard InChI is InChI=1S/C20H18N2O3S2/c1-12-22-16(11-26-12)18-7-6-14(27-18)8-9-21-19(23)17-10-13-4-2-3-5-15(13)20(24)25-17/h2-7,11,17H,8-10H2,1H3,(H,21,23)/t17-/m0/s1. The number of nitrogens with one attached hydrogen (secondary N) is 1. The van der Waals surface area contributed by atoms with Crippen LogP contribution >= 0.6 is 22.7 Å². The molecule has 1 N–H and O–H groups in total. The number of carbonyl (C=O) groups excluding carboxylic acids is 2. The zero-order chi connectivity index (χ0) is 18.8. The molecular formula is C20H18N2O3S2. The Morgan fingerprint density at radius 2 is 2.15 bits per heavy atom. The summed E-state index contributed by atoms with van der Waals surface area (Å²) in [6.07, 6.45) is 0.390. The highest BCUT2D eigenvalue weighted by atomic mass is 32.1. The quantitative estimate of drug-likeness (QED) is 0.667. The average Bonchev–Trinajstić information content (AvgIpc) is 3.30. The van der Waals surface area contributed by atoms with E-state index in [0.717, 1.165) is 27.6 Å². The molecular weight excluding hydrogens is 380 g/mol. The topological polar surface area (TPSA) is 68.3 Å². The van der Waals surface area contributed by atoms with E-state index in [4.69, 9.17) is 4.74 Å². The van der Waals surface area contributed by atoms with Crippen LogP contribution in [0.5, 0.6) is 0 Å². The first-order chi connectivity index (χ1) is 13.1. The molecule has 5 nitrogen and oxygen atoms in total. The summed E-state index contributed by atoms with van der Waals surface area (Å²) in [5.41, 5.74) is 2.41. The molecule has 3 heterocycles. The first-order valence-electron chi connectivity index (χ1n) is 8.68. The van der Waals surface area contributed by atoms with E-state index in [-0.39, 0.29) is 5.91 Å². The Hall–Kier alpha value is -2.51. The summed E-state index contributed by atoms with van der Waals surface area (Å²) in [7, 11) is 0. The minimum Gasteiger partial charge on any atom is -0.448 e. The third-order valence-corrected chi connectivity index (χ3v) is 6.33. The lowest BCUT2D eigenvalue weighted by molar-refractivity contribution is -0.130. The minimum atomic E-state index is -0.760. The third kappa shape index (κ3) is 3.94. The van der Waals surface area contributed by atoms with Crippen molar-refractivity contribution >= 4 is 34.6 Å². The molecule has 1 aromatic carbocycles. The number of ether oxygens (including phenoxy) is 1. The molecule has 1 atom stereocenters. The van der Waals surface area contributed by atoms with Crippen LogP contribution in [0.15, 0.2) is 41.8 Å². The van der Waals surface area contributed by atoms with Crippen LogP contribution < -0.4 is 5.32 Å². The normalized spacial score (nSPS) is 15.9. The molecule has 0 aliphatic carbocycles. The second-order valence-corrected chi connectivity index (χ2v) is 8.54. The number of amides is 1. The molecule has 0 saturated heterocycles. The van der Waals surface area contributed by atoms with Gasteiger partial charge in [0.05, 0.1) is 21.1 Å². The van der Waals surface area contributed by atoms with Gasteiger partial charge in [0.2, 0.25) is 0 Å². The predicted octanol–water partition coefficient (Wildman–Crippen LogP) is 3.62. The second kappa shape index (κ2) is 7.62. The fourth-order valence-electron chi connectivity index (χ4n) is 3.03. The molecule has 0 unspecified atom stereocenters. The van der Waals surface area contributed by atoms with E-state index in [9.17, 15) is 9.59 Å². The maximum atomic E-state index is 12.4. The van der Waals surface area contributed by atoms with Crippen molar-refractivity contribution in [1.29, 1.82) is 0 Å². The highest BCUT2D eigenvalue weighted by Crippen LogP contribution is 2.29. The largest absolute Gasteiger partial charge is 0.448 e. The molecule has 1 amide bonds. The van der Waals surface area contributed by atoms with Crippen molar-refractivity contribution < 1.29 is 14.3 Å². The van der Waals surface area contributed by atoms with Crippen molar-refractivity contribution in [2.24, 2.45) is 0 Å². The minimum absolute atomic E-state index is 0.246. The number of hydrogen-bond donors (Lipinski definition) is 1. The lowest BCUT2D eigenvalue weighted by atomic mass is 9.98. The summed E-state index contributed by atoms with van der Waals surface area (Å²) < 4.78 is 5.29. The van der Waals surface area contributed by atoms with Crippen molar-refractivity contribution in [2.75, 3.05) is 6.54 Å². The molecule has 0 radical (unpaired) electrons. The number of cyclic esters (lactones) is 1. The van der Waals surface area contributed by atoms with E-state index in [2.05, 4.69) is 27.8 Å². The Kier molecular flexibility index (Phi) is 5.05. The summed E-state index contributed by atoms with van der Waals surface area (Å²) >= 11 is 3.32. The number of aryl methyl sites for hydroxylation is 1. The number of thiazole rings is 1. The van der Waals surface area contributed by atoms with E-state index >= 15 is 0 Å². The van der Waals surface area contributed by atoms with Crippen molar-refractivity contribution in [3.63, 3.8) is 0 Å². The van der Waals surface area contributed by atoms with Gasteiger partial charge in [0.25, 0.3) is 5.91 Å². The smallest absolute Gasteiger partial charge is 0.339 e. The summed E-state index contributed by atoms with van der Waals surface area (Å²) in [4.78, 5) is 31.2. The lowest BCUT2D eigenvalue weighted by Crippen LogP contribution is -2.42. The van der Waals surface area contributed by atoms with Gasteiger partial charge in [-0.3, -0.25) is 4.79 Å². The van der Waals surface area contributed by atoms with Gasteiger partial charge < -0.3 is 10.1 Å². The third-order valence-electron chi connectivity index (χ3n) is 4.39. The number of benzene rings is 1. The van der Waals surface area contributed by atoms with Gasteiger partial charge in [-0.05, 0) is 37.1 Å². The van der Waals surface area contributed by atoms with Crippen LogP contribution in [-0.2, 0) is 22.4 Å². The highest BCUT2D eigenvalue weighted by Gasteiger charge is 2.30. The van der Waals surface area contributed by atoms with Crippen LogP contribution in [0, 0.1) is 6.92 Å². The Labute approximate surface area is 165 Å². The van der Waals surface area contributed by atoms with Crippen LogP contribution in [0.25, 0.3) is 10.6 Å². The molecule has 0 bridgehead atoms. The summed E-state index contributed by atoms with van der Waals surface area (Å²) in [5, 5.41) is 5.99. The molecule has 1 aliphatic heterocycles. The molecule has 0 saturated carbocycles. The maximum absolute atomic E-state index is 12.4. The van der Waals surface area contributed by atoms with Crippen LogP contribution in [0.3, 0.4) is 0 Å². The Morgan fingerprint density at radius 1 is 1.30 bits per heavy atom. The molecule has 1 aliphatic rings. The molecule has 2 aromatic heterocycles. The van der Waals surface area contributed by atoms with E-state index in [1.807, 2.05) is 19.1 Å². The van der Waals surface area contributed by atoms with Crippen molar-refractivity contribution in [2.45, 2.75) is 25.9 Å². The zero-order valence-electron chi connectivity index (χ0n) is 14.7. The van der Waals surface area contributed by atoms with E-state index in [1.54, 1.807) is 34.8 Å². The fraction of sp³-hybridized carbons (Fsp3) is 0.250. The number of nitrogens with zero attached hydrogens (tertiary/aromatic N) is 1. The zero-order valence-corrected chi connectivity index (χ0v) is 16.4. The fourth-order valence-corrected chi connectivity index (χ4v) is 4.68. The monoisotopic (exact) mass is 398 g/mol. The molecule has 0 fully saturated rings. The van der Waals surface area contributed by atoms with Crippen molar-refractivity contribution in [1.82, 2.24) is 10.3 Å². The molecule has 7 heteroatoms. The van der Waals surface area contributed by atoms with E-state index in [0.29, 0.717) is 18.5 Å². The maximum Gasteiger partial charge on any atom is 0.339 e. The number of aromatic nitrogens is 1. The van der Waals surface area contributed by atoms with Crippen molar-refractivity contribution in [3.8, 4) is 10.6 Å².